The van der Waals surface area contributed by atoms with E-state index < -0.39 is 0 Å². The Bertz CT molecular complexity index is 1210. The molecule has 1 aliphatic rings. The predicted molar refractivity (Wildman–Crippen MR) is 132 cm³/mol. The van der Waals surface area contributed by atoms with Crippen LogP contribution < -0.4 is 10.6 Å². The molecule has 36 heavy (non-hydrogen) atoms. The van der Waals surface area contributed by atoms with Gasteiger partial charge in [0.15, 0.2) is 0 Å². The number of amides is 2. The van der Waals surface area contributed by atoms with Crippen LogP contribution in [0.25, 0.3) is 0 Å². The summed E-state index contributed by atoms with van der Waals surface area (Å²) in [5, 5.41) is 25.4. The van der Waals surface area contributed by atoms with Gasteiger partial charge < -0.3 is 10.6 Å². The fraction of sp³-hybridized carbons (Fsp3) is 0.364. The molecule has 2 N–H and O–H groups in total. The second-order valence-corrected chi connectivity index (χ2v) is 10.3. The van der Waals surface area contributed by atoms with Gasteiger partial charge in [0.1, 0.15) is 22.7 Å². The fourth-order valence-corrected chi connectivity index (χ4v) is 5.85. The zero-order chi connectivity index (χ0) is 24.7. The molecule has 0 bridgehead atoms. The van der Waals surface area contributed by atoms with E-state index >= 15 is 0 Å². The molecule has 14 heteroatoms. The van der Waals surface area contributed by atoms with Crippen molar-refractivity contribution < 1.29 is 9.59 Å². The van der Waals surface area contributed by atoms with Crippen molar-refractivity contribution in [2.75, 3.05) is 10.6 Å². The Balaban J connectivity index is 1.15. The summed E-state index contributed by atoms with van der Waals surface area (Å²) in [6.45, 7) is 0. The number of hydrogen-bond acceptors (Lipinski definition) is 12. The average Bonchev–Trinajstić information content (AvgIpc) is 3.55. The number of nitrogens with one attached hydrogen (secondary N) is 2. The molecule has 5 rings (SSSR count). The maximum absolute atomic E-state index is 12.3. The van der Waals surface area contributed by atoms with Gasteiger partial charge >= 0.3 is 0 Å². The topological polar surface area (TPSA) is 161 Å². The third-order valence-electron chi connectivity index (χ3n) is 5.72. The summed E-state index contributed by atoms with van der Waals surface area (Å²) in [5.41, 5.74) is 1.29. The molecule has 184 valence electrons. The second kappa shape index (κ2) is 11.3. The molecule has 1 saturated carbocycles. The number of carbonyl (C=O) groups excluding carboxylic acids is 2. The number of carbonyl (C=O) groups is 2. The lowest BCUT2D eigenvalue weighted by molar-refractivity contribution is -0.116. The van der Waals surface area contributed by atoms with Crippen molar-refractivity contribution in [3.8, 4) is 0 Å². The Labute approximate surface area is 214 Å². The highest BCUT2D eigenvalue weighted by Gasteiger charge is 2.29. The minimum Gasteiger partial charge on any atom is -0.300 e. The molecule has 1 aliphatic carbocycles. The average molecular weight is 523 g/mol. The van der Waals surface area contributed by atoms with Gasteiger partial charge in [0.2, 0.25) is 22.1 Å². The van der Waals surface area contributed by atoms with Gasteiger partial charge in [-0.25, -0.2) is 19.9 Å². The minimum absolute atomic E-state index is 0.151. The molecule has 1 fully saturated rings. The number of hydrogen-bond donors (Lipinski definition) is 2. The lowest BCUT2D eigenvalue weighted by Crippen LogP contribution is -2.15. The van der Waals surface area contributed by atoms with Crippen LogP contribution >= 0.6 is 22.7 Å². The normalized spacial score (nSPS) is 17.4. The van der Waals surface area contributed by atoms with E-state index in [1.165, 1.54) is 35.3 Å². The summed E-state index contributed by atoms with van der Waals surface area (Å²) in [6.07, 6.45) is 10.2. The van der Waals surface area contributed by atoms with Crippen molar-refractivity contribution in [2.24, 2.45) is 0 Å². The van der Waals surface area contributed by atoms with Crippen molar-refractivity contribution >= 4 is 44.8 Å². The second-order valence-electron chi connectivity index (χ2n) is 8.30. The van der Waals surface area contributed by atoms with Crippen LogP contribution in [0, 0.1) is 0 Å². The van der Waals surface area contributed by atoms with Gasteiger partial charge in [-0.05, 0) is 31.4 Å². The third-order valence-corrected chi connectivity index (χ3v) is 7.72. The SMILES string of the molecule is O=C(Cc1ccncn1)Nc1nnc(C2CCCC(c3nnc(NC(=O)Cc4ccncn4)s3)C2)s1. The minimum atomic E-state index is -0.193. The summed E-state index contributed by atoms with van der Waals surface area (Å²) >= 11 is 2.81. The molecule has 12 nitrogen and oxygen atoms in total. The number of nitrogens with zero attached hydrogens (tertiary/aromatic N) is 8. The van der Waals surface area contributed by atoms with Crippen molar-refractivity contribution in [1.82, 2.24) is 40.3 Å². The van der Waals surface area contributed by atoms with E-state index in [2.05, 4.69) is 51.0 Å². The quantitative estimate of drug-likeness (QED) is 0.352. The fourth-order valence-electron chi connectivity index (χ4n) is 4.04. The number of rotatable bonds is 8. The molecule has 2 unspecified atom stereocenters. The predicted octanol–water partition coefficient (Wildman–Crippen LogP) is 2.77. The summed E-state index contributed by atoms with van der Waals surface area (Å²) in [6, 6.07) is 3.41. The van der Waals surface area contributed by atoms with Gasteiger partial charge in [-0.15, -0.1) is 20.4 Å². The number of aromatic nitrogens is 8. The summed E-state index contributed by atoms with van der Waals surface area (Å²) in [5.74, 6) is 0.0732. The van der Waals surface area contributed by atoms with Gasteiger partial charge in [-0.3, -0.25) is 9.59 Å². The first-order valence-electron chi connectivity index (χ1n) is 11.4. The largest absolute Gasteiger partial charge is 0.300 e. The Morgan fingerprint density at radius 1 is 0.778 bits per heavy atom. The Hall–Kier alpha value is -3.78. The van der Waals surface area contributed by atoms with E-state index in [0.29, 0.717) is 21.7 Å². The monoisotopic (exact) mass is 522 g/mol. The van der Waals surface area contributed by atoms with E-state index in [0.717, 1.165) is 35.7 Å². The highest BCUT2D eigenvalue weighted by atomic mass is 32.1. The number of anilines is 2. The van der Waals surface area contributed by atoms with Crippen molar-refractivity contribution in [3.63, 3.8) is 0 Å². The van der Waals surface area contributed by atoms with E-state index in [4.69, 9.17) is 0 Å². The van der Waals surface area contributed by atoms with Crippen LogP contribution in [0.4, 0.5) is 10.3 Å². The van der Waals surface area contributed by atoms with Crippen LogP contribution in [0.2, 0.25) is 0 Å². The Kier molecular flexibility index (Phi) is 7.52. The van der Waals surface area contributed by atoms with Gasteiger partial charge in [0, 0.05) is 24.2 Å². The maximum Gasteiger partial charge on any atom is 0.232 e. The molecule has 0 radical (unpaired) electrons. The van der Waals surface area contributed by atoms with Crippen LogP contribution in [-0.2, 0) is 22.4 Å². The summed E-state index contributed by atoms with van der Waals surface area (Å²) in [7, 11) is 0. The molecule has 2 atom stereocenters. The highest BCUT2D eigenvalue weighted by molar-refractivity contribution is 7.15. The molecular formula is C22H22N10O2S2. The van der Waals surface area contributed by atoms with Crippen LogP contribution in [0.3, 0.4) is 0 Å². The van der Waals surface area contributed by atoms with E-state index in [-0.39, 0.29) is 36.5 Å². The highest BCUT2D eigenvalue weighted by Crippen LogP contribution is 2.43. The van der Waals surface area contributed by atoms with Gasteiger partial charge in [-0.1, -0.05) is 29.1 Å². The smallest absolute Gasteiger partial charge is 0.232 e. The zero-order valence-corrected chi connectivity index (χ0v) is 20.7. The maximum atomic E-state index is 12.3. The van der Waals surface area contributed by atoms with Crippen molar-refractivity contribution in [3.05, 3.63) is 58.6 Å². The molecule has 0 aliphatic heterocycles. The van der Waals surface area contributed by atoms with E-state index in [1.807, 2.05) is 0 Å². The first kappa shape index (κ1) is 23.9. The first-order valence-corrected chi connectivity index (χ1v) is 13.0. The first-order chi connectivity index (χ1) is 17.6. The van der Waals surface area contributed by atoms with Gasteiger partial charge in [0.25, 0.3) is 0 Å². The lowest BCUT2D eigenvalue weighted by atomic mass is 9.82. The summed E-state index contributed by atoms with van der Waals surface area (Å²) in [4.78, 5) is 40.5. The zero-order valence-electron chi connectivity index (χ0n) is 19.1. The molecule has 0 aromatic carbocycles. The Morgan fingerprint density at radius 2 is 1.28 bits per heavy atom. The molecule has 4 heterocycles. The van der Waals surface area contributed by atoms with E-state index in [9.17, 15) is 9.59 Å². The van der Waals surface area contributed by atoms with Crippen LogP contribution in [0.1, 0.15) is 58.9 Å². The third kappa shape index (κ3) is 6.26. The van der Waals surface area contributed by atoms with Gasteiger partial charge in [0.05, 0.1) is 24.2 Å². The standard InChI is InChI=1S/C22H22N10O2S2/c33-17(9-15-4-6-23-11-25-15)27-21-31-29-19(35-21)13-2-1-3-14(8-13)20-30-32-22(36-20)28-18(34)10-16-5-7-24-12-26-16/h4-7,11-14H,1-3,8-10H2,(H,27,31,33)(H,28,32,34). The van der Waals surface area contributed by atoms with E-state index in [1.54, 1.807) is 24.5 Å². The van der Waals surface area contributed by atoms with Gasteiger partial charge in [-0.2, -0.15) is 0 Å². The van der Waals surface area contributed by atoms with Crippen LogP contribution in [0.5, 0.6) is 0 Å². The Morgan fingerprint density at radius 3 is 1.72 bits per heavy atom. The van der Waals surface area contributed by atoms with Crippen molar-refractivity contribution in [2.45, 2.75) is 50.4 Å². The molecule has 4 aromatic rings. The molecule has 0 spiro atoms. The van der Waals surface area contributed by atoms with Crippen LogP contribution in [0.15, 0.2) is 37.2 Å². The molecule has 4 aromatic heterocycles. The summed E-state index contributed by atoms with van der Waals surface area (Å²) < 4.78 is 0. The molecule has 0 saturated heterocycles. The lowest BCUT2D eigenvalue weighted by Gasteiger charge is -2.25. The van der Waals surface area contributed by atoms with Crippen molar-refractivity contribution in [1.29, 1.82) is 0 Å². The molecule has 2 amide bonds. The molecular weight excluding hydrogens is 500 g/mol. The van der Waals surface area contributed by atoms with Crippen LogP contribution in [-0.4, -0.2) is 52.1 Å².